The first-order chi connectivity index (χ1) is 14.1. The van der Waals surface area contributed by atoms with E-state index in [0.29, 0.717) is 0 Å². The summed E-state index contributed by atoms with van der Waals surface area (Å²) in [6.07, 6.45) is 7.67. The average molecular weight is 407 g/mol. The molecule has 0 radical (unpaired) electrons. The third-order valence-corrected chi connectivity index (χ3v) is 5.68. The number of nitrogens with zero attached hydrogens (tertiary/aromatic N) is 3. The van der Waals surface area contributed by atoms with Crippen LogP contribution in [0.5, 0.6) is 0 Å². The first-order valence-corrected chi connectivity index (χ1v) is 10.6. The molecule has 29 heavy (non-hydrogen) atoms. The second kappa shape index (κ2) is 10.2. The van der Waals surface area contributed by atoms with E-state index < -0.39 is 0 Å². The molecule has 5 heteroatoms. The van der Waals surface area contributed by atoms with Crippen molar-refractivity contribution in [2.45, 2.75) is 46.7 Å². The van der Waals surface area contributed by atoms with Gasteiger partial charge in [-0.3, -0.25) is 0 Å². The number of hydrogen-bond acceptors (Lipinski definition) is 2. The van der Waals surface area contributed by atoms with Gasteiger partial charge in [-0.15, -0.1) is 0 Å². The van der Waals surface area contributed by atoms with Crippen LogP contribution in [0.15, 0.2) is 61.2 Å². The molecule has 1 aromatic heterocycles. The molecule has 3 aromatic rings. The number of anilines is 1. The molecule has 0 bridgehead atoms. The van der Waals surface area contributed by atoms with Crippen LogP contribution in [-0.2, 0) is 19.5 Å². The maximum Gasteiger partial charge on any atom is 0.173 e. The summed E-state index contributed by atoms with van der Waals surface area (Å²) in [5, 5.41) is 4.30. The summed E-state index contributed by atoms with van der Waals surface area (Å²) in [5.74, 6) is 0. The van der Waals surface area contributed by atoms with E-state index in [4.69, 9.17) is 12.2 Å². The van der Waals surface area contributed by atoms with Crippen molar-refractivity contribution >= 4 is 23.0 Å². The van der Waals surface area contributed by atoms with E-state index in [0.717, 1.165) is 43.3 Å². The zero-order valence-corrected chi connectivity index (χ0v) is 18.4. The van der Waals surface area contributed by atoms with Gasteiger partial charge >= 0.3 is 0 Å². The zero-order valence-electron chi connectivity index (χ0n) is 17.6. The lowest BCUT2D eigenvalue weighted by molar-refractivity contribution is 0.395. The lowest BCUT2D eigenvalue weighted by Crippen LogP contribution is -2.36. The number of hydrogen-bond donors (Lipinski definition) is 1. The fourth-order valence-corrected chi connectivity index (χ4v) is 3.86. The number of rotatable bonds is 8. The van der Waals surface area contributed by atoms with Crippen molar-refractivity contribution in [3.05, 3.63) is 83.4 Å². The highest BCUT2D eigenvalue weighted by atomic mass is 32.1. The summed E-state index contributed by atoms with van der Waals surface area (Å²) in [4.78, 5) is 6.40. The fraction of sp³-hybridized carbons (Fsp3) is 0.333. The highest BCUT2D eigenvalue weighted by molar-refractivity contribution is 7.80. The Bertz CT molecular complexity index is 934. The van der Waals surface area contributed by atoms with Crippen LogP contribution in [0.2, 0.25) is 0 Å². The largest absolute Gasteiger partial charge is 0.345 e. The SMILES string of the molecule is CCc1c(C)cccc1NC(=S)N(CCCn1ccnc1)Cc1ccccc1C. The van der Waals surface area contributed by atoms with Gasteiger partial charge in [0.15, 0.2) is 5.11 Å². The van der Waals surface area contributed by atoms with Crippen LogP contribution >= 0.6 is 12.2 Å². The molecule has 0 saturated carbocycles. The molecule has 0 unspecified atom stereocenters. The molecule has 2 aromatic carbocycles. The molecule has 4 nitrogen and oxygen atoms in total. The van der Waals surface area contributed by atoms with Gasteiger partial charge in [0.25, 0.3) is 0 Å². The first-order valence-electron chi connectivity index (χ1n) is 10.2. The molecule has 0 atom stereocenters. The summed E-state index contributed by atoms with van der Waals surface area (Å²) in [7, 11) is 0. The number of aryl methyl sites for hydroxylation is 3. The van der Waals surface area contributed by atoms with Crippen molar-refractivity contribution in [1.29, 1.82) is 0 Å². The Balaban J connectivity index is 1.74. The first kappa shape index (κ1) is 21.1. The quantitative estimate of drug-likeness (QED) is 0.511. The molecule has 0 spiro atoms. The molecule has 0 saturated heterocycles. The molecule has 1 heterocycles. The Hall–Kier alpha value is -2.66. The van der Waals surface area contributed by atoms with Gasteiger partial charge in [0, 0.05) is 37.7 Å². The van der Waals surface area contributed by atoms with E-state index in [2.05, 4.69) is 83.0 Å². The lowest BCUT2D eigenvalue weighted by Gasteiger charge is -2.27. The molecule has 0 aliphatic heterocycles. The van der Waals surface area contributed by atoms with Gasteiger partial charge in [0.05, 0.1) is 6.33 Å². The van der Waals surface area contributed by atoms with E-state index in [1.807, 2.05) is 18.7 Å². The molecule has 0 fully saturated rings. The Morgan fingerprint density at radius 3 is 2.62 bits per heavy atom. The van der Waals surface area contributed by atoms with E-state index in [9.17, 15) is 0 Å². The average Bonchev–Trinajstić information content (AvgIpc) is 3.22. The summed E-state index contributed by atoms with van der Waals surface area (Å²) in [5.41, 5.74) is 6.33. The summed E-state index contributed by atoms with van der Waals surface area (Å²) < 4.78 is 2.11. The van der Waals surface area contributed by atoms with Gasteiger partial charge < -0.3 is 14.8 Å². The van der Waals surface area contributed by atoms with Gasteiger partial charge in [-0.1, -0.05) is 43.3 Å². The van der Waals surface area contributed by atoms with Gasteiger partial charge in [-0.05, 0) is 67.2 Å². The summed E-state index contributed by atoms with van der Waals surface area (Å²) in [6, 6.07) is 14.9. The second-order valence-corrected chi connectivity index (χ2v) is 7.77. The Labute approximate surface area is 179 Å². The molecule has 0 amide bonds. The van der Waals surface area contributed by atoms with Crippen LogP contribution in [0.3, 0.4) is 0 Å². The minimum atomic E-state index is 0.777. The highest BCUT2D eigenvalue weighted by Gasteiger charge is 2.14. The normalized spacial score (nSPS) is 10.7. The van der Waals surface area contributed by atoms with Crippen LogP contribution < -0.4 is 5.32 Å². The fourth-order valence-electron chi connectivity index (χ4n) is 3.59. The van der Waals surface area contributed by atoms with Crippen molar-refractivity contribution in [1.82, 2.24) is 14.5 Å². The molecular weight excluding hydrogens is 376 g/mol. The predicted molar refractivity (Wildman–Crippen MR) is 125 cm³/mol. The maximum atomic E-state index is 5.86. The van der Waals surface area contributed by atoms with Gasteiger partial charge in [-0.2, -0.15) is 0 Å². The minimum Gasteiger partial charge on any atom is -0.345 e. The monoisotopic (exact) mass is 406 g/mol. The molecule has 0 aliphatic rings. The van der Waals surface area contributed by atoms with Gasteiger partial charge in [0.2, 0.25) is 0 Å². The molecule has 0 aliphatic carbocycles. The Kier molecular flexibility index (Phi) is 7.42. The maximum absolute atomic E-state index is 5.86. The van der Waals surface area contributed by atoms with Crippen LogP contribution in [-0.4, -0.2) is 26.1 Å². The summed E-state index contributed by atoms with van der Waals surface area (Å²) >= 11 is 5.86. The number of nitrogens with one attached hydrogen (secondary N) is 1. The van der Waals surface area contributed by atoms with E-state index in [-0.39, 0.29) is 0 Å². The zero-order chi connectivity index (χ0) is 20.6. The Morgan fingerprint density at radius 1 is 1.10 bits per heavy atom. The number of benzene rings is 2. The van der Waals surface area contributed by atoms with E-state index in [1.54, 1.807) is 0 Å². The van der Waals surface area contributed by atoms with Crippen LogP contribution in [0.1, 0.15) is 35.6 Å². The molecular formula is C24H30N4S. The van der Waals surface area contributed by atoms with Gasteiger partial charge in [-0.25, -0.2) is 4.98 Å². The van der Waals surface area contributed by atoms with Crippen molar-refractivity contribution in [2.24, 2.45) is 0 Å². The number of aromatic nitrogens is 2. The topological polar surface area (TPSA) is 33.1 Å². The highest BCUT2D eigenvalue weighted by Crippen LogP contribution is 2.21. The standard InChI is InChI=1S/C24H30N4S/c1-4-22-20(3)10-7-12-23(22)26-24(29)28(15-8-14-27-16-13-25-18-27)17-21-11-6-5-9-19(21)2/h5-7,9-13,16,18H,4,8,14-15,17H2,1-3H3,(H,26,29). The molecule has 3 rings (SSSR count). The Morgan fingerprint density at radius 2 is 1.90 bits per heavy atom. The molecule has 152 valence electrons. The second-order valence-electron chi connectivity index (χ2n) is 7.39. The van der Waals surface area contributed by atoms with Crippen molar-refractivity contribution < 1.29 is 0 Å². The van der Waals surface area contributed by atoms with E-state index >= 15 is 0 Å². The number of thiocarbonyl (C=S) groups is 1. The van der Waals surface area contributed by atoms with Crippen LogP contribution in [0.25, 0.3) is 0 Å². The number of imidazole rings is 1. The summed E-state index contributed by atoms with van der Waals surface area (Å²) in [6.45, 7) is 9.11. The molecule has 1 N–H and O–H groups in total. The van der Waals surface area contributed by atoms with Crippen molar-refractivity contribution in [3.8, 4) is 0 Å². The van der Waals surface area contributed by atoms with E-state index in [1.165, 1.54) is 22.3 Å². The van der Waals surface area contributed by atoms with Crippen LogP contribution in [0, 0.1) is 13.8 Å². The van der Waals surface area contributed by atoms with Crippen LogP contribution in [0.4, 0.5) is 5.69 Å². The predicted octanol–water partition coefficient (Wildman–Crippen LogP) is 5.35. The van der Waals surface area contributed by atoms with Crippen molar-refractivity contribution in [2.75, 3.05) is 11.9 Å². The van der Waals surface area contributed by atoms with Crippen molar-refractivity contribution in [3.63, 3.8) is 0 Å². The minimum absolute atomic E-state index is 0.777. The smallest absolute Gasteiger partial charge is 0.173 e. The van der Waals surface area contributed by atoms with Gasteiger partial charge in [0.1, 0.15) is 0 Å². The third kappa shape index (κ3) is 5.67. The third-order valence-electron chi connectivity index (χ3n) is 5.32. The lowest BCUT2D eigenvalue weighted by atomic mass is 10.0.